The molecule has 0 aromatic rings. The van der Waals surface area contributed by atoms with Crippen LogP contribution in [0, 0.1) is 5.92 Å². The highest BCUT2D eigenvalue weighted by Crippen LogP contribution is 2.19. The van der Waals surface area contributed by atoms with E-state index in [2.05, 4.69) is 21.2 Å². The number of amides is 2. The predicted octanol–water partition coefficient (Wildman–Crippen LogP) is 0.0489. The molecule has 2 amide bonds. The molecule has 0 radical (unpaired) electrons. The molecule has 1 aliphatic rings. The molecule has 1 heterocycles. The second-order valence-electron chi connectivity index (χ2n) is 3.83. The Bertz CT molecular complexity index is 346. The van der Waals surface area contributed by atoms with Crippen LogP contribution in [-0.2, 0) is 10.0 Å². The first-order valence-electron chi connectivity index (χ1n) is 5.03. The molecule has 94 valence electrons. The summed E-state index contributed by atoms with van der Waals surface area (Å²) >= 11 is 2.97. The third-order valence-electron chi connectivity index (χ3n) is 2.58. The number of alkyl halides is 1. The maximum atomic E-state index is 11.6. The van der Waals surface area contributed by atoms with Crippen molar-refractivity contribution in [3.63, 3.8) is 0 Å². The van der Waals surface area contributed by atoms with Crippen molar-refractivity contribution in [2.45, 2.75) is 12.8 Å². The highest BCUT2D eigenvalue weighted by molar-refractivity contribution is 9.10. The third-order valence-corrected chi connectivity index (χ3v) is 5.71. The van der Waals surface area contributed by atoms with Gasteiger partial charge in [0.2, 0.25) is 10.0 Å². The second-order valence-corrected chi connectivity index (χ2v) is 7.10. The molecular weight excluding hydrogens is 298 g/mol. The van der Waals surface area contributed by atoms with Gasteiger partial charge >= 0.3 is 6.03 Å². The minimum Gasteiger partial charge on any atom is -0.352 e. The number of hydrogen-bond donors (Lipinski definition) is 2. The van der Waals surface area contributed by atoms with Gasteiger partial charge in [0.05, 0.1) is 0 Å². The molecule has 1 atom stereocenters. The second kappa shape index (κ2) is 5.83. The van der Waals surface area contributed by atoms with Gasteiger partial charge in [0, 0.05) is 19.6 Å². The molecule has 0 bridgehead atoms. The lowest BCUT2D eigenvalue weighted by atomic mass is 10.00. The van der Waals surface area contributed by atoms with E-state index in [4.69, 9.17) is 5.73 Å². The molecule has 16 heavy (non-hydrogen) atoms. The minimum absolute atomic E-state index is 0.0596. The number of halogens is 1. The van der Waals surface area contributed by atoms with Crippen LogP contribution in [0.15, 0.2) is 0 Å². The highest BCUT2D eigenvalue weighted by atomic mass is 79.9. The van der Waals surface area contributed by atoms with Crippen LogP contribution in [0.3, 0.4) is 0 Å². The molecule has 0 saturated carbocycles. The van der Waals surface area contributed by atoms with Gasteiger partial charge in [-0.3, -0.25) is 0 Å². The summed E-state index contributed by atoms with van der Waals surface area (Å²) in [5.41, 5.74) is 4.97. The fourth-order valence-electron chi connectivity index (χ4n) is 1.76. The van der Waals surface area contributed by atoms with Crippen LogP contribution < -0.4 is 11.1 Å². The van der Waals surface area contributed by atoms with E-state index in [9.17, 15) is 13.2 Å². The largest absolute Gasteiger partial charge is 0.352 e. The molecule has 0 spiro atoms. The van der Waals surface area contributed by atoms with Gasteiger partial charge in [0.15, 0.2) is 0 Å². The molecule has 6 nitrogen and oxygen atoms in total. The van der Waals surface area contributed by atoms with Crippen LogP contribution >= 0.6 is 15.9 Å². The Morgan fingerprint density at radius 3 is 2.81 bits per heavy atom. The molecule has 8 heteroatoms. The summed E-state index contributed by atoms with van der Waals surface area (Å²) in [5.74, 6) is 0.148. The van der Waals surface area contributed by atoms with Crippen molar-refractivity contribution in [1.29, 1.82) is 0 Å². The van der Waals surface area contributed by atoms with Gasteiger partial charge in [-0.2, -0.15) is 0 Å². The van der Waals surface area contributed by atoms with Crippen molar-refractivity contribution >= 4 is 32.0 Å². The Hall–Kier alpha value is -0.340. The summed E-state index contributed by atoms with van der Waals surface area (Å²) < 4.78 is 24.6. The van der Waals surface area contributed by atoms with Crippen molar-refractivity contribution in [3.05, 3.63) is 0 Å². The van der Waals surface area contributed by atoms with E-state index in [1.54, 1.807) is 0 Å². The lowest BCUT2D eigenvalue weighted by Gasteiger charge is -2.31. The van der Waals surface area contributed by atoms with E-state index in [1.807, 2.05) is 0 Å². The van der Waals surface area contributed by atoms with Crippen molar-refractivity contribution in [1.82, 2.24) is 9.62 Å². The number of nitrogens with two attached hydrogens (primary N) is 1. The smallest absolute Gasteiger partial charge is 0.312 e. The molecule has 0 aromatic carbocycles. The Balaban J connectivity index is 2.50. The van der Waals surface area contributed by atoms with Crippen LogP contribution in [0.1, 0.15) is 12.8 Å². The van der Waals surface area contributed by atoms with E-state index in [1.165, 1.54) is 4.31 Å². The van der Waals surface area contributed by atoms with Crippen molar-refractivity contribution in [2.75, 3.05) is 24.3 Å². The summed E-state index contributed by atoms with van der Waals surface area (Å²) in [6.45, 7) is 1.44. The fourth-order valence-corrected chi connectivity index (χ4v) is 3.61. The Morgan fingerprint density at radius 2 is 2.25 bits per heavy atom. The lowest BCUT2D eigenvalue weighted by molar-refractivity contribution is 0.236. The van der Waals surface area contributed by atoms with E-state index in [-0.39, 0.29) is 10.6 Å². The monoisotopic (exact) mass is 313 g/mol. The quantitative estimate of drug-likeness (QED) is 0.718. The molecule has 1 unspecified atom stereocenters. The number of hydrogen-bond acceptors (Lipinski definition) is 3. The number of sulfonamides is 1. The zero-order chi connectivity index (χ0) is 12.2. The molecule has 1 aliphatic heterocycles. The summed E-state index contributed by atoms with van der Waals surface area (Å²) in [6.07, 6.45) is 1.73. The van der Waals surface area contributed by atoms with Gasteiger partial charge in [-0.1, -0.05) is 15.9 Å². The highest BCUT2D eigenvalue weighted by Gasteiger charge is 2.27. The normalized spacial score (nSPS) is 22.9. The van der Waals surface area contributed by atoms with E-state index >= 15 is 0 Å². The molecule has 3 N–H and O–H groups in total. The molecule has 1 rings (SSSR count). The summed E-state index contributed by atoms with van der Waals surface area (Å²) in [5, 5.41) is 2.51. The Kier molecular flexibility index (Phi) is 5.00. The van der Waals surface area contributed by atoms with Crippen molar-refractivity contribution in [2.24, 2.45) is 11.7 Å². The van der Waals surface area contributed by atoms with Gasteiger partial charge in [0.25, 0.3) is 0 Å². The predicted molar refractivity (Wildman–Crippen MR) is 64.6 cm³/mol. The first-order chi connectivity index (χ1) is 7.45. The lowest BCUT2D eigenvalue weighted by Crippen LogP contribution is -2.44. The van der Waals surface area contributed by atoms with Gasteiger partial charge in [-0.15, -0.1) is 0 Å². The number of nitrogens with one attached hydrogen (secondary N) is 1. The average Bonchev–Trinajstić information content (AvgIpc) is 2.27. The van der Waals surface area contributed by atoms with E-state index < -0.39 is 16.1 Å². The summed E-state index contributed by atoms with van der Waals surface area (Å²) in [4.78, 5) is 10.5. The number of carbonyl (C=O) groups excluding carboxylic acids is 1. The van der Waals surface area contributed by atoms with Crippen molar-refractivity contribution in [3.8, 4) is 0 Å². The number of primary amides is 1. The first kappa shape index (κ1) is 13.7. The molecule has 0 aliphatic carbocycles. The Labute approximate surface area is 104 Å². The van der Waals surface area contributed by atoms with E-state index in [0.29, 0.717) is 19.6 Å². The van der Waals surface area contributed by atoms with Crippen molar-refractivity contribution < 1.29 is 13.2 Å². The molecule has 1 saturated heterocycles. The number of nitrogens with zero attached hydrogens (tertiary/aromatic N) is 1. The molecule has 0 aromatic heterocycles. The number of carbonyl (C=O) groups is 1. The van der Waals surface area contributed by atoms with Crippen LogP contribution in [-0.4, -0.2) is 43.1 Å². The summed E-state index contributed by atoms with van der Waals surface area (Å²) in [6, 6.07) is -0.569. The first-order valence-corrected chi connectivity index (χ1v) is 7.76. The van der Waals surface area contributed by atoms with Gasteiger partial charge in [-0.25, -0.2) is 17.5 Å². The number of urea groups is 1. The summed E-state index contributed by atoms with van der Waals surface area (Å²) in [7, 11) is -3.19. The molecular formula is C8H16BrN3O3S. The zero-order valence-electron chi connectivity index (χ0n) is 8.86. The Morgan fingerprint density at radius 1 is 1.56 bits per heavy atom. The van der Waals surface area contributed by atoms with E-state index in [0.717, 1.165) is 12.8 Å². The number of rotatable bonds is 4. The fraction of sp³-hybridized carbons (Fsp3) is 0.875. The van der Waals surface area contributed by atoms with Crippen LogP contribution in [0.5, 0.6) is 0 Å². The van der Waals surface area contributed by atoms with Crippen LogP contribution in [0.2, 0.25) is 0 Å². The standard InChI is InChI=1S/C8H16BrN3O3S/c9-6-16(14,15)12-3-1-2-7(5-12)4-11-8(10)13/h7H,1-6H2,(H3,10,11,13). The topological polar surface area (TPSA) is 92.5 Å². The maximum Gasteiger partial charge on any atom is 0.312 e. The minimum atomic E-state index is -3.19. The van der Waals surface area contributed by atoms with Gasteiger partial charge < -0.3 is 11.1 Å². The third kappa shape index (κ3) is 3.91. The van der Waals surface area contributed by atoms with Crippen LogP contribution in [0.4, 0.5) is 4.79 Å². The van der Waals surface area contributed by atoms with Crippen LogP contribution in [0.25, 0.3) is 0 Å². The average molecular weight is 314 g/mol. The number of piperidine rings is 1. The van der Waals surface area contributed by atoms with Gasteiger partial charge in [0.1, 0.15) is 4.66 Å². The SMILES string of the molecule is NC(=O)NCC1CCCN(S(=O)(=O)CBr)C1. The molecule has 1 fully saturated rings. The maximum absolute atomic E-state index is 11.6. The van der Waals surface area contributed by atoms with Gasteiger partial charge in [-0.05, 0) is 18.8 Å². The zero-order valence-corrected chi connectivity index (χ0v) is 11.3.